The molecule has 18 heavy (non-hydrogen) atoms. The lowest BCUT2D eigenvalue weighted by Gasteiger charge is -1.95. The molecule has 0 radical (unpaired) electrons. The van der Waals surface area contributed by atoms with E-state index < -0.39 is 17.3 Å². The van der Waals surface area contributed by atoms with E-state index in [1.165, 1.54) is 7.11 Å². The number of aromatic amines is 1. The van der Waals surface area contributed by atoms with Gasteiger partial charge in [0.25, 0.3) is 5.56 Å². The molecule has 0 aliphatic heterocycles. The molecule has 3 aromatic heterocycles. The molecule has 0 unspecified atom stereocenters. The highest BCUT2D eigenvalue weighted by molar-refractivity contribution is 7.20. The van der Waals surface area contributed by atoms with Gasteiger partial charge in [-0.1, -0.05) is 0 Å². The van der Waals surface area contributed by atoms with Crippen LogP contribution in [0.3, 0.4) is 0 Å². The number of hydrogen-bond donors (Lipinski definition) is 1. The second-order valence-electron chi connectivity index (χ2n) is 3.63. The topological polar surface area (TPSA) is 63.6 Å². The predicted molar refractivity (Wildman–Crippen MR) is 64.7 cm³/mol. The van der Waals surface area contributed by atoms with Crippen molar-refractivity contribution in [2.24, 2.45) is 0 Å². The molecule has 0 atom stereocenters. The van der Waals surface area contributed by atoms with Crippen LogP contribution in [0.1, 0.15) is 9.67 Å². The number of fused-ring (bicyclic) bond motifs is 3. The van der Waals surface area contributed by atoms with Crippen LogP contribution in [-0.2, 0) is 4.74 Å². The Balaban J connectivity index is 2.49. The monoisotopic (exact) mass is 266 g/mol. The van der Waals surface area contributed by atoms with Gasteiger partial charge in [-0.3, -0.25) is 4.79 Å². The molecule has 3 rings (SSSR count). The summed E-state index contributed by atoms with van der Waals surface area (Å²) in [5.74, 6) is -1.51. The van der Waals surface area contributed by atoms with E-state index in [0.717, 1.165) is 11.3 Å². The second-order valence-corrected chi connectivity index (χ2v) is 4.63. The van der Waals surface area contributed by atoms with Gasteiger partial charge in [0.2, 0.25) is 0 Å². The van der Waals surface area contributed by atoms with E-state index in [0.29, 0.717) is 10.3 Å². The molecular weight excluding hydrogens is 259 g/mol. The van der Waals surface area contributed by atoms with E-state index in [4.69, 9.17) is 0 Å². The standard InChI is InChI=1S/C11H7FN2O3S/c1-17-11(16)8-6(12)7-10(18-8)14-4-2-3-5(14)9(15)13-7/h2-4H,1H3,(H,13,15). The van der Waals surface area contributed by atoms with Crippen molar-refractivity contribution in [3.05, 3.63) is 39.4 Å². The molecule has 3 aromatic rings. The Morgan fingerprint density at radius 2 is 2.33 bits per heavy atom. The van der Waals surface area contributed by atoms with Crippen LogP contribution in [0.2, 0.25) is 0 Å². The average molecular weight is 266 g/mol. The lowest BCUT2D eigenvalue weighted by molar-refractivity contribution is 0.0602. The third kappa shape index (κ3) is 1.31. The Hall–Kier alpha value is -2.15. The normalized spacial score (nSPS) is 11.2. The number of carbonyl (C=O) groups excluding carboxylic acids is 1. The molecule has 5 nitrogen and oxygen atoms in total. The summed E-state index contributed by atoms with van der Waals surface area (Å²) >= 11 is 0.943. The summed E-state index contributed by atoms with van der Waals surface area (Å²) in [4.78, 5) is 25.9. The van der Waals surface area contributed by atoms with E-state index in [9.17, 15) is 14.0 Å². The summed E-state index contributed by atoms with van der Waals surface area (Å²) in [5.41, 5.74) is 0.0230. The highest BCUT2D eigenvalue weighted by Crippen LogP contribution is 2.28. The van der Waals surface area contributed by atoms with Gasteiger partial charge < -0.3 is 14.1 Å². The van der Waals surface area contributed by atoms with Gasteiger partial charge in [0.15, 0.2) is 10.7 Å². The van der Waals surface area contributed by atoms with Crippen LogP contribution in [-0.4, -0.2) is 22.5 Å². The quantitative estimate of drug-likeness (QED) is 0.683. The minimum atomic E-state index is -0.755. The number of H-pyrrole nitrogens is 1. The molecule has 0 aliphatic carbocycles. The smallest absolute Gasteiger partial charge is 0.351 e. The maximum atomic E-state index is 14.0. The minimum absolute atomic E-state index is 0.0223. The van der Waals surface area contributed by atoms with Crippen LogP contribution in [0.5, 0.6) is 0 Å². The van der Waals surface area contributed by atoms with E-state index >= 15 is 0 Å². The van der Waals surface area contributed by atoms with Crippen molar-refractivity contribution < 1.29 is 13.9 Å². The fourth-order valence-corrected chi connectivity index (χ4v) is 2.87. The van der Waals surface area contributed by atoms with Gasteiger partial charge in [-0.25, -0.2) is 9.18 Å². The number of methoxy groups -OCH3 is 1. The van der Waals surface area contributed by atoms with Gasteiger partial charge in [-0.2, -0.15) is 0 Å². The molecular formula is C11H7FN2O3S. The maximum absolute atomic E-state index is 14.0. The molecule has 0 amide bonds. The Morgan fingerprint density at radius 3 is 3.06 bits per heavy atom. The first-order valence-corrected chi connectivity index (χ1v) is 5.85. The van der Waals surface area contributed by atoms with Crippen molar-refractivity contribution in [1.29, 1.82) is 0 Å². The molecule has 0 fully saturated rings. The summed E-state index contributed by atoms with van der Waals surface area (Å²) < 4.78 is 20.1. The number of thiophene rings is 1. The first kappa shape index (κ1) is 11.0. The van der Waals surface area contributed by atoms with Crippen LogP contribution in [0.4, 0.5) is 4.39 Å². The highest BCUT2D eigenvalue weighted by Gasteiger charge is 2.21. The van der Waals surface area contributed by atoms with E-state index in [2.05, 4.69) is 9.72 Å². The van der Waals surface area contributed by atoms with Crippen LogP contribution >= 0.6 is 11.3 Å². The first-order chi connectivity index (χ1) is 8.63. The molecule has 0 saturated heterocycles. The van der Waals surface area contributed by atoms with Crippen molar-refractivity contribution in [3.63, 3.8) is 0 Å². The number of ether oxygens (including phenoxy) is 1. The molecule has 7 heteroatoms. The van der Waals surface area contributed by atoms with Crippen molar-refractivity contribution in [2.45, 2.75) is 0 Å². The van der Waals surface area contributed by atoms with Crippen LogP contribution in [0, 0.1) is 5.82 Å². The number of rotatable bonds is 1. The maximum Gasteiger partial charge on any atom is 0.351 e. The van der Waals surface area contributed by atoms with Gasteiger partial charge in [0, 0.05) is 6.20 Å². The van der Waals surface area contributed by atoms with E-state index in [1.807, 2.05) is 0 Å². The van der Waals surface area contributed by atoms with Gasteiger partial charge in [-0.05, 0) is 12.1 Å². The molecule has 0 aromatic carbocycles. The van der Waals surface area contributed by atoms with Crippen molar-refractivity contribution >= 4 is 33.2 Å². The Bertz CT molecular complexity index is 830. The summed E-state index contributed by atoms with van der Waals surface area (Å²) in [7, 11) is 1.18. The van der Waals surface area contributed by atoms with Crippen molar-refractivity contribution in [1.82, 2.24) is 9.38 Å². The number of halogens is 1. The summed E-state index contributed by atoms with van der Waals surface area (Å²) in [6.07, 6.45) is 1.64. The zero-order chi connectivity index (χ0) is 12.9. The molecule has 3 heterocycles. The highest BCUT2D eigenvalue weighted by atomic mass is 32.1. The summed E-state index contributed by atoms with van der Waals surface area (Å²) in [6.45, 7) is 0. The lowest BCUT2D eigenvalue weighted by atomic mass is 10.4. The predicted octanol–water partition coefficient (Wildman–Crippen LogP) is 1.77. The number of esters is 1. The Labute approximate surface area is 103 Å². The SMILES string of the molecule is COC(=O)c1sc2c([nH]c(=O)c3cccn32)c1F. The third-order valence-corrected chi connectivity index (χ3v) is 3.79. The zero-order valence-electron chi connectivity index (χ0n) is 9.19. The third-order valence-electron chi connectivity index (χ3n) is 2.64. The molecule has 0 saturated carbocycles. The summed E-state index contributed by atoms with van der Waals surface area (Å²) in [6, 6.07) is 3.30. The zero-order valence-corrected chi connectivity index (χ0v) is 10.0. The molecule has 92 valence electrons. The van der Waals surface area contributed by atoms with Gasteiger partial charge >= 0.3 is 5.97 Å². The van der Waals surface area contributed by atoms with Crippen LogP contribution in [0.25, 0.3) is 15.9 Å². The van der Waals surface area contributed by atoms with Crippen LogP contribution < -0.4 is 5.56 Å². The fourth-order valence-electron chi connectivity index (χ4n) is 1.82. The van der Waals surface area contributed by atoms with Crippen molar-refractivity contribution in [3.8, 4) is 0 Å². The second kappa shape index (κ2) is 3.67. The van der Waals surface area contributed by atoms with Gasteiger partial charge in [0.1, 0.15) is 15.9 Å². The van der Waals surface area contributed by atoms with Crippen LogP contribution in [0.15, 0.2) is 23.1 Å². The van der Waals surface area contributed by atoms with Crippen molar-refractivity contribution in [2.75, 3.05) is 7.11 Å². The number of aromatic nitrogens is 2. The number of carbonyl (C=O) groups is 1. The number of hydrogen-bond acceptors (Lipinski definition) is 4. The first-order valence-electron chi connectivity index (χ1n) is 5.03. The molecule has 1 N–H and O–H groups in total. The average Bonchev–Trinajstić information content (AvgIpc) is 2.95. The largest absolute Gasteiger partial charge is 0.465 e. The lowest BCUT2D eigenvalue weighted by Crippen LogP contribution is -2.08. The van der Waals surface area contributed by atoms with Gasteiger partial charge in [0.05, 0.1) is 7.11 Å². The number of nitrogens with one attached hydrogen (secondary N) is 1. The fraction of sp³-hybridized carbons (Fsp3) is 0.0909. The van der Waals surface area contributed by atoms with Gasteiger partial charge in [-0.15, -0.1) is 11.3 Å². The Morgan fingerprint density at radius 1 is 1.56 bits per heavy atom. The molecule has 0 aliphatic rings. The summed E-state index contributed by atoms with van der Waals surface area (Å²) in [5, 5.41) is 0. The van der Waals surface area contributed by atoms with E-state index in [-0.39, 0.29) is 10.4 Å². The minimum Gasteiger partial charge on any atom is -0.465 e. The number of nitrogens with zero attached hydrogens (tertiary/aromatic N) is 1. The Kier molecular flexibility index (Phi) is 2.24. The molecule has 0 spiro atoms. The molecule has 0 bridgehead atoms. The van der Waals surface area contributed by atoms with E-state index in [1.54, 1.807) is 22.7 Å².